The molecule has 0 saturated heterocycles. The lowest BCUT2D eigenvalue weighted by atomic mass is 10.0. The standard InChI is InChI=1S/C24H24FNO3.ClH/c1-26(17-24(27)28)16-15-23(20-7-11-21(25)12-8-20)29-22-13-9-19(10-14-22)18-5-3-2-4-6-18;/h2-14,23H,15-17H2,1H3,(H,27,28);1H/p-1/t23-;/m1./s1. The van der Waals surface area contributed by atoms with E-state index in [1.165, 1.54) is 12.1 Å². The van der Waals surface area contributed by atoms with Crippen molar-refractivity contribution in [1.82, 2.24) is 4.90 Å². The molecule has 0 bridgehead atoms. The van der Waals surface area contributed by atoms with Gasteiger partial charge in [-0.1, -0.05) is 54.6 Å². The molecule has 0 heterocycles. The first-order chi connectivity index (χ1) is 14.0. The second-order valence-corrected chi connectivity index (χ2v) is 6.97. The fourth-order valence-electron chi connectivity index (χ4n) is 3.14. The maximum atomic E-state index is 13.3. The molecular formula is C24H24ClFNO3-. The van der Waals surface area contributed by atoms with Gasteiger partial charge >= 0.3 is 5.97 Å². The van der Waals surface area contributed by atoms with Crippen LogP contribution in [0.1, 0.15) is 18.1 Å². The Kier molecular flexibility index (Phi) is 8.84. The number of aliphatic carboxylic acids is 1. The van der Waals surface area contributed by atoms with Gasteiger partial charge in [-0.2, -0.15) is 0 Å². The number of hydrogen-bond donors (Lipinski definition) is 1. The van der Waals surface area contributed by atoms with Crippen molar-refractivity contribution >= 4 is 5.97 Å². The number of nitrogens with zero attached hydrogens (tertiary/aromatic N) is 1. The first kappa shape index (κ1) is 23.4. The molecule has 0 radical (unpaired) electrons. The van der Waals surface area contributed by atoms with Crippen LogP contribution in [-0.2, 0) is 4.79 Å². The molecule has 0 aliphatic carbocycles. The highest BCUT2D eigenvalue weighted by Gasteiger charge is 2.16. The number of carboxylic acids is 1. The maximum Gasteiger partial charge on any atom is 0.317 e. The number of carbonyl (C=O) groups is 1. The van der Waals surface area contributed by atoms with Gasteiger partial charge in [0.25, 0.3) is 0 Å². The van der Waals surface area contributed by atoms with Gasteiger partial charge in [-0.3, -0.25) is 9.69 Å². The van der Waals surface area contributed by atoms with Crippen LogP contribution in [0.2, 0.25) is 0 Å². The number of ether oxygens (including phenoxy) is 1. The lowest BCUT2D eigenvalue weighted by molar-refractivity contribution is -0.138. The number of carboxylic acid groups (broad SMARTS) is 1. The molecule has 3 rings (SSSR count). The molecule has 158 valence electrons. The Bertz CT molecular complexity index is 917. The number of hydrogen-bond acceptors (Lipinski definition) is 3. The lowest BCUT2D eigenvalue weighted by Crippen LogP contribution is -3.00. The molecule has 3 aromatic rings. The summed E-state index contributed by atoms with van der Waals surface area (Å²) < 4.78 is 19.5. The summed E-state index contributed by atoms with van der Waals surface area (Å²) in [5.74, 6) is -0.467. The molecule has 0 amide bonds. The summed E-state index contributed by atoms with van der Waals surface area (Å²) in [5.41, 5.74) is 3.07. The summed E-state index contributed by atoms with van der Waals surface area (Å²) in [6, 6.07) is 24.1. The summed E-state index contributed by atoms with van der Waals surface area (Å²) in [6.07, 6.45) is 0.268. The minimum atomic E-state index is -0.872. The molecule has 3 aromatic carbocycles. The van der Waals surface area contributed by atoms with E-state index in [1.807, 2.05) is 42.5 Å². The first-order valence-corrected chi connectivity index (χ1v) is 9.49. The minimum absolute atomic E-state index is 0. The van der Waals surface area contributed by atoms with Crippen LogP contribution in [0, 0.1) is 5.82 Å². The summed E-state index contributed by atoms with van der Waals surface area (Å²) in [7, 11) is 1.75. The van der Waals surface area contributed by atoms with E-state index in [1.54, 1.807) is 24.1 Å². The van der Waals surface area contributed by atoms with E-state index in [9.17, 15) is 9.18 Å². The summed E-state index contributed by atoms with van der Waals surface area (Å²) in [6.45, 7) is 0.498. The van der Waals surface area contributed by atoms with E-state index in [0.717, 1.165) is 16.7 Å². The molecule has 30 heavy (non-hydrogen) atoms. The van der Waals surface area contributed by atoms with Gasteiger partial charge in [-0.05, 0) is 48.0 Å². The average molecular weight is 429 g/mol. The van der Waals surface area contributed by atoms with Crippen LogP contribution in [-0.4, -0.2) is 36.1 Å². The van der Waals surface area contributed by atoms with Crippen LogP contribution in [0.25, 0.3) is 11.1 Å². The van der Waals surface area contributed by atoms with Gasteiger partial charge in [0.05, 0.1) is 6.54 Å². The number of rotatable bonds is 9. The van der Waals surface area contributed by atoms with Crippen molar-refractivity contribution in [3.63, 3.8) is 0 Å². The lowest BCUT2D eigenvalue weighted by Gasteiger charge is -2.22. The Hall–Kier alpha value is -2.89. The topological polar surface area (TPSA) is 49.8 Å². The van der Waals surface area contributed by atoms with Gasteiger partial charge in [-0.25, -0.2) is 4.39 Å². The van der Waals surface area contributed by atoms with Crippen molar-refractivity contribution in [3.05, 3.63) is 90.2 Å². The average Bonchev–Trinajstić information content (AvgIpc) is 2.72. The molecule has 1 N–H and O–H groups in total. The number of halogens is 2. The fraction of sp³-hybridized carbons (Fsp3) is 0.208. The molecule has 0 fully saturated rings. The van der Waals surface area contributed by atoms with E-state index in [-0.39, 0.29) is 30.9 Å². The molecule has 0 spiro atoms. The Balaban J connectivity index is 0.00000320. The highest BCUT2D eigenvalue weighted by atomic mass is 35.5. The summed E-state index contributed by atoms with van der Waals surface area (Å²) in [5, 5.41) is 8.94. The van der Waals surface area contributed by atoms with Crippen molar-refractivity contribution < 1.29 is 31.4 Å². The van der Waals surface area contributed by atoms with Gasteiger partial charge in [0, 0.05) is 13.0 Å². The molecule has 4 nitrogen and oxygen atoms in total. The summed E-state index contributed by atoms with van der Waals surface area (Å²) in [4.78, 5) is 12.6. The third kappa shape index (κ3) is 6.87. The van der Waals surface area contributed by atoms with Crippen LogP contribution in [0.3, 0.4) is 0 Å². The zero-order chi connectivity index (χ0) is 20.6. The zero-order valence-electron chi connectivity index (χ0n) is 16.7. The second kappa shape index (κ2) is 11.3. The smallest absolute Gasteiger partial charge is 0.317 e. The van der Waals surface area contributed by atoms with Gasteiger partial charge in [0.15, 0.2) is 0 Å². The van der Waals surface area contributed by atoms with Crippen molar-refractivity contribution in [2.75, 3.05) is 20.1 Å². The van der Waals surface area contributed by atoms with Gasteiger partial charge in [0.1, 0.15) is 17.7 Å². The highest BCUT2D eigenvalue weighted by molar-refractivity contribution is 5.69. The number of benzene rings is 3. The quantitative estimate of drug-likeness (QED) is 0.566. The molecular weight excluding hydrogens is 405 g/mol. The molecule has 0 aliphatic rings. The Morgan fingerprint density at radius 2 is 1.57 bits per heavy atom. The van der Waals surface area contributed by atoms with Crippen LogP contribution < -0.4 is 17.1 Å². The summed E-state index contributed by atoms with van der Waals surface area (Å²) >= 11 is 0. The van der Waals surface area contributed by atoms with Crippen molar-refractivity contribution in [3.8, 4) is 16.9 Å². The highest BCUT2D eigenvalue weighted by Crippen LogP contribution is 2.28. The SMILES string of the molecule is CN(CC[C@@H](Oc1ccc(-c2ccccc2)cc1)c1ccc(F)cc1)CC(=O)O.[Cl-]. The van der Waals surface area contributed by atoms with Crippen molar-refractivity contribution in [2.45, 2.75) is 12.5 Å². The van der Waals surface area contributed by atoms with E-state index in [0.29, 0.717) is 18.7 Å². The van der Waals surface area contributed by atoms with Crippen molar-refractivity contribution in [1.29, 1.82) is 0 Å². The predicted molar refractivity (Wildman–Crippen MR) is 111 cm³/mol. The van der Waals surface area contributed by atoms with Gasteiger partial charge in [-0.15, -0.1) is 0 Å². The van der Waals surface area contributed by atoms with Crippen molar-refractivity contribution in [2.24, 2.45) is 0 Å². The van der Waals surface area contributed by atoms with Crippen LogP contribution in [0.5, 0.6) is 5.75 Å². The molecule has 0 aromatic heterocycles. The maximum absolute atomic E-state index is 13.3. The minimum Gasteiger partial charge on any atom is -1.00 e. The molecule has 0 unspecified atom stereocenters. The second-order valence-electron chi connectivity index (χ2n) is 6.97. The first-order valence-electron chi connectivity index (χ1n) is 9.49. The predicted octanol–water partition coefficient (Wildman–Crippen LogP) is 2.02. The van der Waals surface area contributed by atoms with Crippen LogP contribution in [0.15, 0.2) is 78.9 Å². The number of likely N-dealkylation sites (N-methyl/N-ethyl adjacent to an activating group) is 1. The largest absolute Gasteiger partial charge is 1.00 e. The normalized spacial score (nSPS) is 11.6. The molecule has 1 atom stereocenters. The van der Waals surface area contributed by atoms with Crippen LogP contribution >= 0.6 is 0 Å². The van der Waals surface area contributed by atoms with Gasteiger partial charge in [0.2, 0.25) is 0 Å². The van der Waals surface area contributed by atoms with E-state index in [4.69, 9.17) is 9.84 Å². The monoisotopic (exact) mass is 428 g/mol. The zero-order valence-corrected chi connectivity index (χ0v) is 17.4. The van der Waals surface area contributed by atoms with E-state index < -0.39 is 5.97 Å². The van der Waals surface area contributed by atoms with E-state index in [2.05, 4.69) is 12.1 Å². The third-order valence-corrected chi connectivity index (χ3v) is 4.66. The molecule has 0 saturated carbocycles. The van der Waals surface area contributed by atoms with Gasteiger partial charge < -0.3 is 22.3 Å². The van der Waals surface area contributed by atoms with E-state index >= 15 is 0 Å². The molecule has 0 aliphatic heterocycles. The molecule has 6 heteroatoms. The Labute approximate surface area is 182 Å². The Morgan fingerprint density at radius 1 is 0.967 bits per heavy atom. The Morgan fingerprint density at radius 3 is 2.17 bits per heavy atom. The van der Waals surface area contributed by atoms with Crippen LogP contribution in [0.4, 0.5) is 4.39 Å². The third-order valence-electron chi connectivity index (χ3n) is 4.66. The fourth-order valence-corrected chi connectivity index (χ4v) is 3.14.